The standard InChI is InChI=1S/C17H26N2O4S.ClH/c1-12(17(20)19-16-5-3-4-13(16)10-18)11-24(21,22)15-8-6-14(23-2)7-9-15;/h6-9,12-13,16H,3-5,10-11,18H2,1-2H3,(H,19,20);1H. The Labute approximate surface area is 155 Å². The van der Waals surface area contributed by atoms with E-state index in [1.165, 1.54) is 19.2 Å². The second-order valence-corrected chi connectivity index (χ2v) is 8.43. The van der Waals surface area contributed by atoms with Crippen molar-refractivity contribution in [3.63, 3.8) is 0 Å². The minimum absolute atomic E-state index is 0. The molecule has 3 unspecified atom stereocenters. The number of hydrogen-bond acceptors (Lipinski definition) is 5. The largest absolute Gasteiger partial charge is 0.497 e. The lowest BCUT2D eigenvalue weighted by Crippen LogP contribution is -2.43. The summed E-state index contributed by atoms with van der Waals surface area (Å²) in [5.74, 6) is -0.174. The van der Waals surface area contributed by atoms with Crippen LogP contribution in [-0.2, 0) is 14.6 Å². The predicted octanol–water partition coefficient (Wildman–Crippen LogP) is 1.77. The van der Waals surface area contributed by atoms with Crippen molar-refractivity contribution in [2.45, 2.75) is 37.1 Å². The zero-order valence-electron chi connectivity index (χ0n) is 14.6. The molecule has 0 aliphatic heterocycles. The number of halogens is 1. The van der Waals surface area contributed by atoms with E-state index in [2.05, 4.69) is 5.32 Å². The van der Waals surface area contributed by atoms with Crippen LogP contribution >= 0.6 is 12.4 Å². The predicted molar refractivity (Wildman–Crippen MR) is 99.8 cm³/mol. The van der Waals surface area contributed by atoms with Crippen molar-refractivity contribution < 1.29 is 17.9 Å². The van der Waals surface area contributed by atoms with Crippen molar-refractivity contribution in [2.24, 2.45) is 17.6 Å². The van der Waals surface area contributed by atoms with E-state index >= 15 is 0 Å². The van der Waals surface area contributed by atoms with Gasteiger partial charge in [-0.25, -0.2) is 8.42 Å². The zero-order valence-corrected chi connectivity index (χ0v) is 16.2. The lowest BCUT2D eigenvalue weighted by Gasteiger charge is -2.21. The third kappa shape index (κ3) is 5.59. The number of methoxy groups -OCH3 is 1. The second kappa shape index (κ2) is 9.40. The van der Waals surface area contributed by atoms with Gasteiger partial charge in [-0.1, -0.05) is 13.3 Å². The van der Waals surface area contributed by atoms with Gasteiger partial charge in [-0.15, -0.1) is 12.4 Å². The molecule has 2 rings (SSSR count). The van der Waals surface area contributed by atoms with Crippen LogP contribution in [0.25, 0.3) is 0 Å². The van der Waals surface area contributed by atoms with Crippen LogP contribution < -0.4 is 15.8 Å². The Morgan fingerprint density at radius 1 is 1.32 bits per heavy atom. The molecule has 1 fully saturated rings. The first-order valence-electron chi connectivity index (χ1n) is 8.24. The van der Waals surface area contributed by atoms with Gasteiger partial charge in [-0.05, 0) is 49.6 Å². The lowest BCUT2D eigenvalue weighted by atomic mass is 10.0. The first-order chi connectivity index (χ1) is 11.4. The summed E-state index contributed by atoms with van der Waals surface area (Å²) in [6.07, 6.45) is 2.97. The summed E-state index contributed by atoms with van der Waals surface area (Å²) in [4.78, 5) is 12.5. The fourth-order valence-electron chi connectivity index (χ4n) is 3.12. The summed E-state index contributed by atoms with van der Waals surface area (Å²) >= 11 is 0. The highest BCUT2D eigenvalue weighted by Gasteiger charge is 2.30. The van der Waals surface area contributed by atoms with Gasteiger partial charge in [0.05, 0.1) is 17.8 Å². The molecule has 142 valence electrons. The summed E-state index contributed by atoms with van der Waals surface area (Å²) in [6.45, 7) is 2.19. The van der Waals surface area contributed by atoms with E-state index < -0.39 is 15.8 Å². The van der Waals surface area contributed by atoms with E-state index in [4.69, 9.17) is 10.5 Å². The van der Waals surface area contributed by atoms with Crippen molar-refractivity contribution in [2.75, 3.05) is 19.4 Å². The van der Waals surface area contributed by atoms with Gasteiger partial charge in [-0.2, -0.15) is 0 Å². The molecule has 1 aliphatic carbocycles. The van der Waals surface area contributed by atoms with Gasteiger partial charge < -0.3 is 15.8 Å². The molecule has 6 nitrogen and oxygen atoms in total. The summed E-state index contributed by atoms with van der Waals surface area (Å²) in [6, 6.07) is 6.26. The minimum Gasteiger partial charge on any atom is -0.497 e. The van der Waals surface area contributed by atoms with Crippen molar-refractivity contribution in [1.29, 1.82) is 0 Å². The molecular formula is C17H27ClN2O4S. The maximum Gasteiger partial charge on any atom is 0.224 e. The summed E-state index contributed by atoms with van der Waals surface area (Å²) in [7, 11) is -2.00. The Morgan fingerprint density at radius 3 is 2.52 bits per heavy atom. The van der Waals surface area contributed by atoms with Gasteiger partial charge in [0.15, 0.2) is 9.84 Å². The summed E-state index contributed by atoms with van der Waals surface area (Å²) in [5.41, 5.74) is 5.72. The molecule has 1 aromatic carbocycles. The van der Waals surface area contributed by atoms with E-state index in [0.717, 1.165) is 19.3 Å². The van der Waals surface area contributed by atoms with Crippen molar-refractivity contribution in [1.82, 2.24) is 5.32 Å². The highest BCUT2D eigenvalue weighted by atomic mass is 35.5. The minimum atomic E-state index is -3.52. The van der Waals surface area contributed by atoms with Crippen molar-refractivity contribution >= 4 is 28.2 Å². The average Bonchev–Trinajstić information content (AvgIpc) is 3.01. The van der Waals surface area contributed by atoms with Crippen LogP contribution in [0.1, 0.15) is 26.2 Å². The molecule has 0 spiro atoms. The third-order valence-corrected chi connectivity index (χ3v) is 6.55. The van der Waals surface area contributed by atoms with Crippen LogP contribution in [0.5, 0.6) is 5.75 Å². The number of benzene rings is 1. The normalized spacial score (nSPS) is 21.2. The van der Waals surface area contributed by atoms with Crippen LogP contribution in [0, 0.1) is 11.8 Å². The monoisotopic (exact) mass is 390 g/mol. The maximum absolute atomic E-state index is 12.5. The van der Waals surface area contributed by atoms with Crippen LogP contribution in [0.15, 0.2) is 29.2 Å². The molecule has 1 amide bonds. The smallest absolute Gasteiger partial charge is 0.224 e. The Balaban J connectivity index is 0.00000312. The van der Waals surface area contributed by atoms with Crippen LogP contribution in [0.2, 0.25) is 0 Å². The molecule has 0 heterocycles. The van der Waals surface area contributed by atoms with Gasteiger partial charge >= 0.3 is 0 Å². The number of rotatable bonds is 7. The molecule has 0 saturated heterocycles. The van der Waals surface area contributed by atoms with Crippen molar-refractivity contribution in [3.8, 4) is 5.75 Å². The first-order valence-corrected chi connectivity index (χ1v) is 9.90. The van der Waals surface area contributed by atoms with E-state index in [9.17, 15) is 13.2 Å². The van der Waals surface area contributed by atoms with Crippen LogP contribution in [0.3, 0.4) is 0 Å². The Hall–Kier alpha value is -1.31. The highest BCUT2D eigenvalue weighted by Crippen LogP contribution is 2.25. The van der Waals surface area contributed by atoms with Gasteiger partial charge in [0.1, 0.15) is 5.75 Å². The number of carbonyl (C=O) groups excluding carboxylic acids is 1. The van der Waals surface area contributed by atoms with Gasteiger partial charge in [0.2, 0.25) is 5.91 Å². The SMILES string of the molecule is COc1ccc(S(=O)(=O)CC(C)C(=O)NC2CCCC2CN)cc1.Cl. The van der Waals surface area contributed by atoms with E-state index in [1.807, 2.05) is 0 Å². The molecule has 1 aromatic rings. The van der Waals surface area contributed by atoms with Crippen LogP contribution in [-0.4, -0.2) is 39.8 Å². The molecule has 25 heavy (non-hydrogen) atoms. The second-order valence-electron chi connectivity index (χ2n) is 6.40. The average molecular weight is 391 g/mol. The molecule has 8 heteroatoms. The Bertz CT molecular complexity index is 664. The van der Waals surface area contributed by atoms with Crippen molar-refractivity contribution in [3.05, 3.63) is 24.3 Å². The third-order valence-electron chi connectivity index (χ3n) is 4.63. The Kier molecular flexibility index (Phi) is 8.18. The number of sulfone groups is 1. The topological polar surface area (TPSA) is 98.5 Å². The fourth-order valence-corrected chi connectivity index (χ4v) is 4.67. The van der Waals surface area contributed by atoms with Gasteiger partial charge in [0, 0.05) is 12.0 Å². The summed E-state index contributed by atoms with van der Waals surface area (Å²) in [5, 5.41) is 2.97. The molecule has 0 bridgehead atoms. The number of carbonyl (C=O) groups is 1. The Morgan fingerprint density at radius 2 is 1.96 bits per heavy atom. The molecule has 0 aromatic heterocycles. The number of nitrogens with two attached hydrogens (primary N) is 1. The number of amides is 1. The van der Waals surface area contributed by atoms with Gasteiger partial charge in [0.25, 0.3) is 0 Å². The van der Waals surface area contributed by atoms with E-state index in [0.29, 0.717) is 18.2 Å². The lowest BCUT2D eigenvalue weighted by molar-refractivity contribution is -0.124. The quantitative estimate of drug-likeness (QED) is 0.739. The first kappa shape index (κ1) is 21.7. The number of hydrogen-bond donors (Lipinski definition) is 2. The molecular weight excluding hydrogens is 364 g/mol. The zero-order chi connectivity index (χ0) is 17.7. The molecule has 1 aliphatic rings. The maximum atomic E-state index is 12.5. The van der Waals surface area contributed by atoms with Crippen LogP contribution in [0.4, 0.5) is 0 Å². The van der Waals surface area contributed by atoms with Gasteiger partial charge in [-0.3, -0.25) is 4.79 Å². The van der Waals surface area contributed by atoms with E-state index in [1.54, 1.807) is 19.1 Å². The molecule has 0 radical (unpaired) electrons. The molecule has 3 atom stereocenters. The number of nitrogens with one attached hydrogen (secondary N) is 1. The molecule has 3 N–H and O–H groups in total. The van der Waals surface area contributed by atoms with E-state index in [-0.39, 0.29) is 35.0 Å². The molecule has 1 saturated carbocycles. The fraction of sp³-hybridized carbons (Fsp3) is 0.588. The highest BCUT2D eigenvalue weighted by molar-refractivity contribution is 7.91. The summed E-state index contributed by atoms with van der Waals surface area (Å²) < 4.78 is 30.0. The number of ether oxygens (including phenoxy) is 1.